The van der Waals surface area contributed by atoms with E-state index in [1.54, 1.807) is 12.1 Å². The van der Waals surface area contributed by atoms with Crippen molar-refractivity contribution in [3.63, 3.8) is 0 Å². The van der Waals surface area contributed by atoms with Crippen LogP contribution in [0.5, 0.6) is 5.75 Å². The first-order chi connectivity index (χ1) is 18.0. The molecule has 2 amide bonds. The first-order valence-corrected chi connectivity index (χ1v) is 12.4. The van der Waals surface area contributed by atoms with Crippen LogP contribution >= 0.6 is 0 Å². The summed E-state index contributed by atoms with van der Waals surface area (Å²) >= 11 is 0. The number of amides is 2. The Kier molecular flexibility index (Phi) is 8.13. The number of alkyl halides is 3. The van der Waals surface area contributed by atoms with Crippen molar-refractivity contribution in [2.24, 2.45) is 0 Å². The number of benzene rings is 2. The zero-order valence-corrected chi connectivity index (χ0v) is 20.7. The molecule has 0 spiro atoms. The van der Waals surface area contributed by atoms with Crippen LogP contribution in [-0.2, 0) is 9.53 Å². The van der Waals surface area contributed by atoms with Gasteiger partial charge in [-0.2, -0.15) is 13.2 Å². The lowest BCUT2D eigenvalue weighted by Gasteiger charge is -2.30. The Morgan fingerprint density at radius 3 is 2.26 bits per heavy atom. The van der Waals surface area contributed by atoms with Crippen molar-refractivity contribution < 1.29 is 42.1 Å². The first kappa shape index (κ1) is 27.3. The van der Waals surface area contributed by atoms with Gasteiger partial charge in [-0.05, 0) is 73.9 Å². The van der Waals surface area contributed by atoms with Crippen LogP contribution in [0.1, 0.15) is 66.1 Å². The Morgan fingerprint density at radius 2 is 1.68 bits per heavy atom. The third-order valence-electron chi connectivity index (χ3n) is 6.66. The zero-order chi connectivity index (χ0) is 27.4. The summed E-state index contributed by atoms with van der Waals surface area (Å²) in [5.74, 6) is -1.90. The first-order valence-electron chi connectivity index (χ1n) is 12.4. The van der Waals surface area contributed by atoms with E-state index in [9.17, 15) is 27.6 Å². The second-order valence-corrected chi connectivity index (χ2v) is 9.66. The molecule has 2 aliphatic rings. The van der Waals surface area contributed by atoms with E-state index in [-0.39, 0.29) is 17.9 Å². The lowest BCUT2D eigenvalue weighted by Crippen LogP contribution is -2.45. The molecule has 1 saturated heterocycles. The smallest absolute Gasteiger partial charge is 0.471 e. The maximum atomic E-state index is 12.9. The van der Waals surface area contributed by atoms with Gasteiger partial charge in [0.15, 0.2) is 0 Å². The number of rotatable bonds is 8. The molecule has 38 heavy (non-hydrogen) atoms. The number of halogens is 3. The quantitative estimate of drug-likeness (QED) is 0.460. The van der Waals surface area contributed by atoms with Crippen LogP contribution in [0, 0.1) is 0 Å². The van der Waals surface area contributed by atoms with E-state index >= 15 is 0 Å². The molecule has 204 valence electrons. The molecule has 0 bridgehead atoms. The van der Waals surface area contributed by atoms with Crippen LogP contribution in [0.2, 0.25) is 0 Å². The number of nitrogens with zero attached hydrogens (tertiary/aromatic N) is 1. The van der Waals surface area contributed by atoms with Crippen molar-refractivity contribution in [2.75, 3.05) is 13.1 Å². The Labute approximate surface area is 217 Å². The molecular weight excluding hydrogens is 505 g/mol. The molecule has 2 aromatic rings. The third kappa shape index (κ3) is 6.96. The minimum atomic E-state index is -5.03. The van der Waals surface area contributed by atoms with E-state index in [0.29, 0.717) is 30.9 Å². The average molecular weight is 535 g/mol. The van der Waals surface area contributed by atoms with Gasteiger partial charge in [-0.1, -0.05) is 24.3 Å². The summed E-state index contributed by atoms with van der Waals surface area (Å²) in [4.78, 5) is 36.5. The predicted octanol–water partition coefficient (Wildman–Crippen LogP) is 5.05. The van der Waals surface area contributed by atoms with E-state index in [1.165, 1.54) is 36.1 Å². The highest BCUT2D eigenvalue weighted by Gasteiger charge is 2.40. The molecule has 1 saturated carbocycles. The van der Waals surface area contributed by atoms with Crippen LogP contribution in [0.25, 0.3) is 0 Å². The Hall–Kier alpha value is -3.76. The van der Waals surface area contributed by atoms with Gasteiger partial charge in [-0.3, -0.25) is 4.79 Å². The van der Waals surface area contributed by atoms with Crippen LogP contribution in [0.3, 0.4) is 0 Å². The van der Waals surface area contributed by atoms with Crippen molar-refractivity contribution in [1.29, 1.82) is 0 Å². The maximum absolute atomic E-state index is 12.9. The monoisotopic (exact) mass is 534 g/mol. The number of ether oxygens (including phenoxy) is 2. The number of carboxylic acid groups (broad SMARTS) is 1. The van der Waals surface area contributed by atoms with Gasteiger partial charge >= 0.3 is 24.1 Å². The van der Waals surface area contributed by atoms with Gasteiger partial charge in [0.25, 0.3) is 0 Å². The van der Waals surface area contributed by atoms with E-state index in [1.807, 2.05) is 17.4 Å². The topological polar surface area (TPSA) is 105 Å². The second-order valence-electron chi connectivity index (χ2n) is 9.66. The molecule has 3 atom stereocenters. The van der Waals surface area contributed by atoms with Crippen LogP contribution in [-0.4, -0.2) is 59.4 Å². The third-order valence-corrected chi connectivity index (χ3v) is 6.66. The molecule has 2 N–H and O–H groups in total. The number of esters is 1. The standard InChI is InChI=1S/C27H29F3N2O6/c1-16(31-25(34)27(28,29)30)23(19-8-6-18(7-9-19)17-4-5-17)37-21-12-10-20(11-13-21)24(33)38-22-3-2-14-32(15-22)26(35)36/h6-13,16-17,22-23H,2-5,14-15H2,1H3,(H,31,34)(H,35,36)/t16?,22-,23?/m0/s1. The average Bonchev–Trinajstić information content (AvgIpc) is 3.73. The molecule has 2 aromatic carbocycles. The Bertz CT molecular complexity index is 1150. The highest BCUT2D eigenvalue weighted by atomic mass is 19.4. The van der Waals surface area contributed by atoms with Crippen LogP contribution in [0.15, 0.2) is 48.5 Å². The summed E-state index contributed by atoms with van der Waals surface area (Å²) in [5.41, 5.74) is 1.95. The minimum Gasteiger partial charge on any atom is -0.484 e. The second kappa shape index (κ2) is 11.3. The van der Waals surface area contributed by atoms with Crippen molar-refractivity contribution in [3.8, 4) is 5.75 Å². The molecule has 1 aliphatic carbocycles. The highest BCUT2D eigenvalue weighted by molar-refractivity contribution is 5.89. The fraction of sp³-hybridized carbons (Fsp3) is 0.444. The number of carbonyl (C=O) groups excluding carboxylic acids is 2. The number of hydrogen-bond donors (Lipinski definition) is 2. The summed E-state index contributed by atoms with van der Waals surface area (Å²) in [6.45, 7) is 1.92. The lowest BCUT2D eigenvalue weighted by atomic mass is 10.00. The van der Waals surface area contributed by atoms with Gasteiger partial charge in [0.05, 0.1) is 18.2 Å². The Morgan fingerprint density at radius 1 is 1.03 bits per heavy atom. The minimum absolute atomic E-state index is 0.102. The fourth-order valence-corrected chi connectivity index (χ4v) is 4.44. The zero-order valence-electron chi connectivity index (χ0n) is 20.7. The predicted molar refractivity (Wildman–Crippen MR) is 130 cm³/mol. The summed E-state index contributed by atoms with van der Waals surface area (Å²) in [6.07, 6.45) is -4.24. The van der Waals surface area contributed by atoms with Crippen molar-refractivity contribution in [2.45, 2.75) is 63.0 Å². The molecular formula is C27H29F3N2O6. The van der Waals surface area contributed by atoms with Crippen molar-refractivity contribution in [1.82, 2.24) is 10.2 Å². The summed E-state index contributed by atoms with van der Waals surface area (Å²) in [6, 6.07) is 12.3. The molecule has 1 heterocycles. The van der Waals surface area contributed by atoms with Crippen LogP contribution in [0.4, 0.5) is 18.0 Å². The molecule has 0 radical (unpaired) electrons. The van der Waals surface area contributed by atoms with Gasteiger partial charge in [0.1, 0.15) is 18.0 Å². The fourth-order valence-electron chi connectivity index (χ4n) is 4.44. The van der Waals surface area contributed by atoms with Gasteiger partial charge in [-0.25, -0.2) is 9.59 Å². The van der Waals surface area contributed by atoms with Gasteiger partial charge < -0.3 is 24.8 Å². The van der Waals surface area contributed by atoms with E-state index in [2.05, 4.69) is 0 Å². The van der Waals surface area contributed by atoms with E-state index < -0.39 is 42.4 Å². The lowest BCUT2D eigenvalue weighted by molar-refractivity contribution is -0.174. The number of nitrogens with one attached hydrogen (secondary N) is 1. The summed E-state index contributed by atoms with van der Waals surface area (Å²) in [5, 5.41) is 11.1. The largest absolute Gasteiger partial charge is 0.484 e. The summed E-state index contributed by atoms with van der Waals surface area (Å²) < 4.78 is 50.1. The molecule has 8 nitrogen and oxygen atoms in total. The molecule has 2 fully saturated rings. The molecule has 11 heteroatoms. The number of carbonyl (C=O) groups is 3. The molecule has 0 aromatic heterocycles. The van der Waals surface area contributed by atoms with E-state index in [0.717, 1.165) is 18.4 Å². The van der Waals surface area contributed by atoms with E-state index in [4.69, 9.17) is 14.6 Å². The number of likely N-dealkylation sites (tertiary alicyclic amines) is 1. The van der Waals surface area contributed by atoms with Gasteiger partial charge in [0.2, 0.25) is 0 Å². The SMILES string of the molecule is CC(NC(=O)C(F)(F)F)C(Oc1ccc(C(=O)O[C@H]2CCCN(C(=O)O)C2)cc1)c1ccc(C2CC2)cc1. The molecule has 1 aliphatic heterocycles. The molecule has 2 unspecified atom stereocenters. The normalized spacial score (nSPS) is 19.3. The Balaban J connectivity index is 1.45. The maximum Gasteiger partial charge on any atom is 0.471 e. The van der Waals surface area contributed by atoms with Gasteiger partial charge in [0, 0.05) is 6.54 Å². The number of hydrogen-bond acceptors (Lipinski definition) is 5. The number of piperidine rings is 1. The van der Waals surface area contributed by atoms with Crippen molar-refractivity contribution >= 4 is 18.0 Å². The van der Waals surface area contributed by atoms with Crippen LogP contribution < -0.4 is 10.1 Å². The summed E-state index contributed by atoms with van der Waals surface area (Å²) in [7, 11) is 0. The van der Waals surface area contributed by atoms with Crippen molar-refractivity contribution in [3.05, 3.63) is 65.2 Å². The molecule has 4 rings (SSSR count). The highest BCUT2D eigenvalue weighted by Crippen LogP contribution is 2.40. The van der Waals surface area contributed by atoms with Gasteiger partial charge in [-0.15, -0.1) is 0 Å².